The van der Waals surface area contributed by atoms with E-state index in [0.29, 0.717) is 22.5 Å². The third-order valence-electron chi connectivity index (χ3n) is 4.97. The van der Waals surface area contributed by atoms with Crippen LogP contribution in [0.1, 0.15) is 0 Å². The average Bonchev–Trinajstić information content (AvgIpc) is 2.93. The highest BCUT2D eigenvalue weighted by Gasteiger charge is 2.28. The molecule has 1 aliphatic rings. The number of anilines is 2. The molecule has 0 saturated carbocycles. The van der Waals surface area contributed by atoms with E-state index in [4.69, 9.17) is 4.74 Å². The Morgan fingerprint density at radius 2 is 1.83 bits per heavy atom. The Labute approximate surface area is 169 Å². The fourth-order valence-corrected chi connectivity index (χ4v) is 3.45. The molecule has 2 amide bonds. The van der Waals surface area contributed by atoms with Crippen LogP contribution < -0.4 is 20.6 Å². The predicted molar refractivity (Wildman–Crippen MR) is 108 cm³/mol. The van der Waals surface area contributed by atoms with Gasteiger partial charge in [0.2, 0.25) is 5.91 Å². The summed E-state index contributed by atoms with van der Waals surface area (Å²) in [5.74, 6) is -0.556. The molecule has 2 aromatic carbocycles. The lowest BCUT2D eigenvalue weighted by Crippen LogP contribution is -2.43. The van der Waals surface area contributed by atoms with E-state index in [1.807, 2.05) is 0 Å². The number of benzene rings is 2. The van der Waals surface area contributed by atoms with Gasteiger partial charge in [0.25, 0.3) is 11.6 Å². The van der Waals surface area contributed by atoms with Crippen molar-refractivity contribution in [2.24, 2.45) is 14.1 Å². The largest absolute Gasteiger partial charge is 0.482 e. The summed E-state index contributed by atoms with van der Waals surface area (Å²) < 4.78 is 7.96. The molecule has 0 atom stereocenters. The molecule has 154 valence electrons. The smallest absolute Gasteiger partial charge is 0.328 e. The van der Waals surface area contributed by atoms with Crippen LogP contribution in [0.5, 0.6) is 5.75 Å². The monoisotopic (exact) mass is 411 g/mol. The van der Waals surface area contributed by atoms with Gasteiger partial charge in [0, 0.05) is 20.2 Å². The van der Waals surface area contributed by atoms with E-state index in [-0.39, 0.29) is 30.2 Å². The molecule has 0 saturated heterocycles. The van der Waals surface area contributed by atoms with E-state index in [1.54, 1.807) is 24.3 Å². The van der Waals surface area contributed by atoms with Crippen molar-refractivity contribution in [2.45, 2.75) is 0 Å². The number of nitrogens with one attached hydrogen (secondary N) is 1. The first-order valence-electron chi connectivity index (χ1n) is 8.94. The quantitative estimate of drug-likeness (QED) is 0.507. The summed E-state index contributed by atoms with van der Waals surface area (Å²) >= 11 is 0. The van der Waals surface area contributed by atoms with E-state index < -0.39 is 16.7 Å². The summed E-state index contributed by atoms with van der Waals surface area (Å²) in [6.07, 6.45) is 0. The van der Waals surface area contributed by atoms with Crippen LogP contribution in [0, 0.1) is 10.1 Å². The predicted octanol–water partition coefficient (Wildman–Crippen LogP) is 1.15. The molecule has 3 aromatic rings. The number of hydrogen-bond donors (Lipinski definition) is 1. The third kappa shape index (κ3) is 3.05. The number of carbonyl (C=O) groups excluding carboxylic acids is 2. The SMILES string of the molecule is Cn1c(=O)n(C)c2cc([N+](=O)[O-])c(NC(=O)CN3C(=O)COc4ccccc43)cc21. The molecule has 2 heterocycles. The van der Waals surface area contributed by atoms with Crippen molar-refractivity contribution in [2.75, 3.05) is 23.4 Å². The van der Waals surface area contributed by atoms with E-state index >= 15 is 0 Å². The van der Waals surface area contributed by atoms with E-state index in [1.165, 1.54) is 40.3 Å². The topological polar surface area (TPSA) is 129 Å². The molecule has 30 heavy (non-hydrogen) atoms. The lowest BCUT2D eigenvalue weighted by Gasteiger charge is -2.28. The Hall–Kier alpha value is -4.15. The highest BCUT2D eigenvalue weighted by atomic mass is 16.6. The van der Waals surface area contributed by atoms with Crippen LogP contribution >= 0.6 is 0 Å². The van der Waals surface area contributed by atoms with Gasteiger partial charge in [-0.15, -0.1) is 0 Å². The van der Waals surface area contributed by atoms with Gasteiger partial charge < -0.3 is 10.1 Å². The minimum absolute atomic E-state index is 0.0623. The number of nitro groups is 1. The van der Waals surface area contributed by atoms with Crippen molar-refractivity contribution in [3.8, 4) is 5.75 Å². The molecule has 11 nitrogen and oxygen atoms in total. The van der Waals surface area contributed by atoms with Gasteiger partial charge >= 0.3 is 5.69 Å². The van der Waals surface area contributed by atoms with Crippen LogP contribution in [0.15, 0.2) is 41.2 Å². The van der Waals surface area contributed by atoms with Crippen molar-refractivity contribution in [1.29, 1.82) is 0 Å². The number of fused-ring (bicyclic) bond motifs is 2. The number of hydrogen-bond acceptors (Lipinski definition) is 6. The number of aryl methyl sites for hydroxylation is 2. The maximum atomic E-state index is 12.7. The zero-order valence-electron chi connectivity index (χ0n) is 16.1. The van der Waals surface area contributed by atoms with Gasteiger partial charge in [-0.05, 0) is 18.2 Å². The second-order valence-electron chi connectivity index (χ2n) is 6.80. The Morgan fingerprint density at radius 1 is 1.17 bits per heavy atom. The van der Waals surface area contributed by atoms with Gasteiger partial charge in [0.05, 0.1) is 21.6 Å². The van der Waals surface area contributed by atoms with Gasteiger partial charge in [0.15, 0.2) is 6.61 Å². The van der Waals surface area contributed by atoms with Crippen LogP contribution in [0.4, 0.5) is 17.1 Å². The van der Waals surface area contributed by atoms with Crippen LogP contribution in [-0.4, -0.2) is 39.0 Å². The highest BCUT2D eigenvalue weighted by molar-refractivity contribution is 6.06. The number of amides is 2. The first-order chi connectivity index (χ1) is 14.3. The Bertz CT molecular complexity index is 1270. The number of para-hydroxylation sites is 2. The first-order valence-corrected chi connectivity index (χ1v) is 8.94. The van der Waals surface area contributed by atoms with E-state index in [9.17, 15) is 24.5 Å². The van der Waals surface area contributed by atoms with Crippen LogP contribution in [0.2, 0.25) is 0 Å². The molecule has 1 aromatic heterocycles. The summed E-state index contributed by atoms with van der Waals surface area (Å²) in [6.45, 7) is -0.551. The maximum absolute atomic E-state index is 12.7. The summed E-state index contributed by atoms with van der Waals surface area (Å²) in [5, 5.41) is 14.0. The molecule has 1 aliphatic heterocycles. The second kappa shape index (κ2) is 7.03. The fraction of sp³-hybridized carbons (Fsp3) is 0.211. The fourth-order valence-electron chi connectivity index (χ4n) is 3.45. The zero-order valence-corrected chi connectivity index (χ0v) is 16.1. The zero-order chi connectivity index (χ0) is 21.6. The number of carbonyl (C=O) groups is 2. The second-order valence-corrected chi connectivity index (χ2v) is 6.80. The Kier molecular flexibility index (Phi) is 4.49. The molecule has 0 aliphatic carbocycles. The van der Waals surface area contributed by atoms with Gasteiger partial charge in [-0.25, -0.2) is 4.79 Å². The average molecular weight is 411 g/mol. The van der Waals surface area contributed by atoms with Gasteiger partial charge in [-0.2, -0.15) is 0 Å². The number of rotatable bonds is 4. The van der Waals surface area contributed by atoms with Gasteiger partial charge in [-0.1, -0.05) is 12.1 Å². The molecule has 11 heteroatoms. The molecule has 0 spiro atoms. The molecule has 0 unspecified atom stereocenters. The maximum Gasteiger partial charge on any atom is 0.328 e. The van der Waals surface area contributed by atoms with Crippen molar-refractivity contribution in [1.82, 2.24) is 9.13 Å². The van der Waals surface area contributed by atoms with Gasteiger partial charge in [-0.3, -0.25) is 33.7 Å². The molecular formula is C19H17N5O6. The van der Waals surface area contributed by atoms with Gasteiger partial charge in [0.1, 0.15) is 18.0 Å². The van der Waals surface area contributed by atoms with E-state index in [0.717, 1.165) is 0 Å². The lowest BCUT2D eigenvalue weighted by molar-refractivity contribution is -0.383. The number of nitrogens with zero attached hydrogens (tertiary/aromatic N) is 4. The summed E-state index contributed by atoms with van der Waals surface area (Å²) in [6, 6.07) is 9.40. The van der Waals surface area contributed by atoms with Crippen molar-refractivity contribution < 1.29 is 19.2 Å². The molecule has 0 fully saturated rings. The normalized spacial score (nSPS) is 13.1. The van der Waals surface area contributed by atoms with Crippen LogP contribution in [0.3, 0.4) is 0 Å². The highest BCUT2D eigenvalue weighted by Crippen LogP contribution is 2.32. The Morgan fingerprint density at radius 3 is 2.53 bits per heavy atom. The minimum atomic E-state index is -0.637. The molecule has 0 bridgehead atoms. The van der Waals surface area contributed by atoms with Crippen LogP contribution in [-0.2, 0) is 23.7 Å². The third-order valence-corrected chi connectivity index (χ3v) is 4.97. The molecule has 1 N–H and O–H groups in total. The first kappa shape index (κ1) is 19.2. The summed E-state index contributed by atoms with van der Waals surface area (Å²) in [5.41, 5.74) is 0.469. The number of ether oxygens (including phenoxy) is 1. The van der Waals surface area contributed by atoms with E-state index in [2.05, 4.69) is 5.32 Å². The number of imidazole rings is 1. The minimum Gasteiger partial charge on any atom is -0.482 e. The lowest BCUT2D eigenvalue weighted by atomic mass is 10.2. The van der Waals surface area contributed by atoms with Crippen molar-refractivity contribution >= 4 is 39.9 Å². The Balaban J connectivity index is 1.67. The molecule has 4 rings (SSSR count). The standard InChI is InChI=1S/C19H17N5O6/c1-21-14-7-11(13(24(28)29)8-15(14)22(2)19(21)27)20-17(25)9-23-12-5-3-4-6-16(12)30-10-18(23)26/h3-8H,9-10H2,1-2H3,(H,20,25). The van der Waals surface area contributed by atoms with Crippen molar-refractivity contribution in [3.05, 3.63) is 57.0 Å². The number of aromatic nitrogens is 2. The molecule has 0 radical (unpaired) electrons. The molecular weight excluding hydrogens is 394 g/mol. The van der Waals surface area contributed by atoms with Crippen LogP contribution in [0.25, 0.3) is 11.0 Å². The summed E-state index contributed by atoms with van der Waals surface area (Å²) in [7, 11) is 3.04. The number of nitro benzene ring substituents is 1. The summed E-state index contributed by atoms with van der Waals surface area (Å²) in [4.78, 5) is 49.2. The van der Waals surface area contributed by atoms with Crippen molar-refractivity contribution in [3.63, 3.8) is 0 Å².